The Morgan fingerprint density at radius 3 is 2.46 bits per heavy atom. The highest BCUT2D eigenvalue weighted by molar-refractivity contribution is 7.17. The summed E-state index contributed by atoms with van der Waals surface area (Å²) in [4.78, 5) is 31.7. The fourth-order valence-corrected chi connectivity index (χ4v) is 7.55. The molecule has 1 aromatic carbocycles. The second-order valence-corrected chi connectivity index (χ2v) is 13.6. The molecule has 9 heteroatoms. The van der Waals surface area contributed by atoms with Gasteiger partial charge in [0.25, 0.3) is 5.91 Å². The Kier molecular flexibility index (Phi) is 9.36. The summed E-state index contributed by atoms with van der Waals surface area (Å²) < 4.78 is 26.4. The third-order valence-electron chi connectivity index (χ3n) is 8.54. The van der Waals surface area contributed by atoms with E-state index in [9.17, 15) is 9.59 Å². The number of thiophene rings is 1. The van der Waals surface area contributed by atoms with E-state index >= 15 is 4.39 Å². The lowest BCUT2D eigenvalue weighted by molar-refractivity contribution is 0.0250. The molecular weight excluding hydrogens is 541 g/mol. The number of nitrogens with zero attached hydrogens (tertiary/aromatic N) is 2. The maximum atomic E-state index is 15.5. The molecule has 3 aliphatic heterocycles. The number of hydrogen-bond donors (Lipinski definition) is 1. The second-order valence-electron chi connectivity index (χ2n) is 12.6. The lowest BCUT2D eigenvalue weighted by Crippen LogP contribution is -2.43. The molecule has 1 atom stereocenters. The lowest BCUT2D eigenvalue weighted by Gasteiger charge is -2.39. The normalized spacial score (nSPS) is 21.3. The summed E-state index contributed by atoms with van der Waals surface area (Å²) in [6.45, 7) is 12.3. The van der Waals surface area contributed by atoms with Crippen LogP contribution in [0.1, 0.15) is 86.5 Å². The highest BCUT2D eigenvalue weighted by Gasteiger charge is 2.32. The number of rotatable bonds is 6. The third kappa shape index (κ3) is 7.30. The first-order chi connectivity index (χ1) is 19.6. The van der Waals surface area contributed by atoms with Crippen molar-refractivity contribution in [2.75, 3.05) is 39.4 Å². The molecule has 2 aromatic rings. The molecule has 3 fully saturated rings. The molecular formula is C32H44FN3O4S. The van der Waals surface area contributed by atoms with Crippen molar-refractivity contribution in [1.29, 1.82) is 0 Å². The third-order valence-corrected chi connectivity index (χ3v) is 9.76. The van der Waals surface area contributed by atoms with Gasteiger partial charge in [0, 0.05) is 37.2 Å². The number of carbonyl (C=O) groups is 2. The summed E-state index contributed by atoms with van der Waals surface area (Å²) in [6, 6.07) is 8.12. The molecule has 7 nitrogen and oxygen atoms in total. The van der Waals surface area contributed by atoms with Crippen molar-refractivity contribution in [3.8, 4) is 10.4 Å². The van der Waals surface area contributed by atoms with E-state index in [-0.39, 0.29) is 23.7 Å². The van der Waals surface area contributed by atoms with E-state index in [1.807, 2.05) is 45.9 Å². The fourth-order valence-electron chi connectivity index (χ4n) is 6.33. The molecule has 224 valence electrons. The molecule has 5 rings (SSSR count). The topological polar surface area (TPSA) is 71.1 Å². The van der Waals surface area contributed by atoms with Crippen LogP contribution in [-0.4, -0.2) is 78.9 Å². The largest absolute Gasteiger partial charge is 0.444 e. The number of halogens is 1. The van der Waals surface area contributed by atoms with Crippen molar-refractivity contribution >= 4 is 23.3 Å². The predicted molar refractivity (Wildman–Crippen MR) is 160 cm³/mol. The zero-order chi connectivity index (χ0) is 29.1. The second kappa shape index (κ2) is 12.8. The number of alkyl carbamates (subject to hydrolysis) is 1. The van der Waals surface area contributed by atoms with Gasteiger partial charge in [-0.1, -0.05) is 19.1 Å². The van der Waals surface area contributed by atoms with Gasteiger partial charge in [0.2, 0.25) is 0 Å². The van der Waals surface area contributed by atoms with Gasteiger partial charge in [-0.3, -0.25) is 4.79 Å². The number of carbonyl (C=O) groups excluding carboxylic acids is 2. The molecule has 0 spiro atoms. The van der Waals surface area contributed by atoms with Crippen LogP contribution in [0.25, 0.3) is 10.4 Å². The van der Waals surface area contributed by atoms with Crippen LogP contribution in [0.4, 0.5) is 9.18 Å². The van der Waals surface area contributed by atoms with Crippen LogP contribution in [0.3, 0.4) is 0 Å². The van der Waals surface area contributed by atoms with Gasteiger partial charge in [0.1, 0.15) is 11.4 Å². The van der Waals surface area contributed by atoms with E-state index in [1.165, 1.54) is 11.3 Å². The van der Waals surface area contributed by atoms with E-state index in [1.54, 1.807) is 11.0 Å². The Bertz CT molecular complexity index is 1230. The summed E-state index contributed by atoms with van der Waals surface area (Å²) in [7, 11) is 0. The standard InChI is InChI=1S/C32H44FN3O4S/c1-5-21-19-28(41-29(21)30(37)36-15-10-24(20-36)34-31(38)40-32(2,3)4)23-6-7-26(27(33)18-23)22-8-13-35(14-9-22)25-11-16-39-17-12-25/h6-7,18-19,22,24-25H,5,8-17,20H2,1-4H3,(H,34,38)/t24-/m0/s1. The smallest absolute Gasteiger partial charge is 0.407 e. The molecule has 0 saturated carbocycles. The van der Waals surface area contributed by atoms with Gasteiger partial charge in [-0.15, -0.1) is 11.3 Å². The Balaban J connectivity index is 1.22. The van der Waals surface area contributed by atoms with Crippen molar-refractivity contribution in [2.24, 2.45) is 0 Å². The Morgan fingerprint density at radius 2 is 1.80 bits per heavy atom. The first-order valence-corrected chi connectivity index (χ1v) is 16.0. The van der Waals surface area contributed by atoms with E-state index in [2.05, 4.69) is 10.2 Å². The summed E-state index contributed by atoms with van der Waals surface area (Å²) in [5.74, 6) is 0.0612. The monoisotopic (exact) mass is 585 g/mol. The molecule has 0 radical (unpaired) electrons. The molecule has 41 heavy (non-hydrogen) atoms. The number of likely N-dealkylation sites (tertiary alicyclic amines) is 2. The van der Waals surface area contributed by atoms with Crippen molar-refractivity contribution in [2.45, 2.75) is 89.8 Å². The van der Waals surface area contributed by atoms with Crippen LogP contribution >= 0.6 is 11.3 Å². The average Bonchev–Trinajstić information content (AvgIpc) is 3.60. The number of aryl methyl sites for hydroxylation is 1. The van der Waals surface area contributed by atoms with Gasteiger partial charge in [0.05, 0.1) is 10.9 Å². The quantitative estimate of drug-likeness (QED) is 0.436. The van der Waals surface area contributed by atoms with Gasteiger partial charge >= 0.3 is 6.09 Å². The van der Waals surface area contributed by atoms with Crippen molar-refractivity contribution in [1.82, 2.24) is 15.1 Å². The molecule has 0 unspecified atom stereocenters. The first kappa shape index (κ1) is 30.0. The Hall–Kier alpha value is -2.49. The Labute approximate surface area is 247 Å². The minimum Gasteiger partial charge on any atom is -0.444 e. The average molecular weight is 586 g/mol. The first-order valence-electron chi connectivity index (χ1n) is 15.1. The van der Waals surface area contributed by atoms with Crippen molar-refractivity contribution in [3.05, 3.63) is 46.1 Å². The van der Waals surface area contributed by atoms with E-state index in [0.29, 0.717) is 30.4 Å². The summed E-state index contributed by atoms with van der Waals surface area (Å²) >= 11 is 1.43. The maximum Gasteiger partial charge on any atom is 0.407 e. The fraction of sp³-hybridized carbons (Fsp3) is 0.625. The summed E-state index contributed by atoms with van der Waals surface area (Å²) in [6.07, 6.45) is 5.10. The zero-order valence-electron chi connectivity index (χ0n) is 24.8. The van der Waals surface area contributed by atoms with Gasteiger partial charge in [-0.25, -0.2) is 9.18 Å². The van der Waals surface area contributed by atoms with Crippen LogP contribution in [0.2, 0.25) is 0 Å². The molecule has 1 N–H and O–H groups in total. The minimum absolute atomic E-state index is 0.0278. The van der Waals surface area contributed by atoms with Gasteiger partial charge in [-0.2, -0.15) is 0 Å². The summed E-state index contributed by atoms with van der Waals surface area (Å²) in [5.41, 5.74) is 2.03. The van der Waals surface area contributed by atoms with Crippen LogP contribution < -0.4 is 5.32 Å². The highest BCUT2D eigenvalue weighted by Crippen LogP contribution is 2.37. The zero-order valence-corrected chi connectivity index (χ0v) is 25.7. The number of hydrogen-bond acceptors (Lipinski definition) is 6. The van der Waals surface area contributed by atoms with E-state index in [4.69, 9.17) is 9.47 Å². The molecule has 3 aliphatic rings. The van der Waals surface area contributed by atoms with Crippen LogP contribution in [0.15, 0.2) is 24.3 Å². The summed E-state index contributed by atoms with van der Waals surface area (Å²) in [5, 5.41) is 2.89. The molecule has 3 saturated heterocycles. The number of piperidine rings is 1. The van der Waals surface area contributed by atoms with Crippen LogP contribution in [0.5, 0.6) is 0 Å². The van der Waals surface area contributed by atoms with Gasteiger partial charge in [0.15, 0.2) is 0 Å². The molecule has 0 bridgehead atoms. The number of nitrogens with one attached hydrogen (secondary N) is 1. The molecule has 2 amide bonds. The lowest BCUT2D eigenvalue weighted by atomic mass is 9.87. The number of amides is 2. The van der Waals surface area contributed by atoms with Gasteiger partial charge < -0.3 is 24.6 Å². The van der Waals surface area contributed by atoms with E-state index in [0.717, 1.165) is 80.0 Å². The molecule has 0 aliphatic carbocycles. The minimum atomic E-state index is -0.568. The number of ether oxygens (including phenoxy) is 2. The van der Waals surface area contributed by atoms with Gasteiger partial charge in [-0.05, 0) is 107 Å². The van der Waals surface area contributed by atoms with E-state index < -0.39 is 11.7 Å². The van der Waals surface area contributed by atoms with Crippen LogP contribution in [0, 0.1) is 5.82 Å². The van der Waals surface area contributed by atoms with Crippen LogP contribution in [-0.2, 0) is 15.9 Å². The van der Waals surface area contributed by atoms with Crippen molar-refractivity contribution < 1.29 is 23.5 Å². The van der Waals surface area contributed by atoms with Crippen molar-refractivity contribution in [3.63, 3.8) is 0 Å². The maximum absolute atomic E-state index is 15.5. The SMILES string of the molecule is CCc1cc(-c2ccc(C3CCN(C4CCOCC4)CC3)c(F)c2)sc1C(=O)N1CC[C@H](NC(=O)OC(C)(C)C)C1. The number of benzene rings is 1. The Morgan fingerprint density at radius 1 is 1.07 bits per heavy atom. The molecule has 4 heterocycles. The molecule has 1 aromatic heterocycles. The predicted octanol–water partition coefficient (Wildman–Crippen LogP) is 6.21. The highest BCUT2D eigenvalue weighted by atomic mass is 32.1.